The van der Waals surface area contributed by atoms with Crippen LogP contribution in [-0.2, 0) is 22.6 Å². The molecule has 1 fully saturated rings. The quantitative estimate of drug-likeness (QED) is 0.467. The smallest absolute Gasteiger partial charge is 0.273 e. The second-order valence-corrected chi connectivity index (χ2v) is 8.49. The fraction of sp³-hybridized carbons (Fsp3) is 0.440. The minimum Gasteiger partial charge on any atom is -0.352 e. The van der Waals surface area contributed by atoms with Gasteiger partial charge in [0.15, 0.2) is 0 Å². The van der Waals surface area contributed by atoms with E-state index in [1.807, 2.05) is 38.1 Å². The Morgan fingerprint density at radius 3 is 2.53 bits per heavy atom. The van der Waals surface area contributed by atoms with Gasteiger partial charge >= 0.3 is 0 Å². The van der Waals surface area contributed by atoms with Gasteiger partial charge in [-0.3, -0.25) is 19.7 Å². The Bertz CT molecular complexity index is 969. The molecule has 1 aliphatic carbocycles. The van der Waals surface area contributed by atoms with Crippen LogP contribution >= 0.6 is 0 Å². The maximum atomic E-state index is 13.4. The van der Waals surface area contributed by atoms with Crippen LogP contribution in [0.5, 0.6) is 0 Å². The molecule has 3 rings (SSSR count). The molecule has 0 saturated heterocycles. The number of nitro groups is 1. The van der Waals surface area contributed by atoms with Crippen molar-refractivity contribution in [1.29, 1.82) is 0 Å². The summed E-state index contributed by atoms with van der Waals surface area (Å²) in [4.78, 5) is 39.1. The number of rotatable bonds is 9. The number of benzene rings is 2. The fourth-order valence-corrected chi connectivity index (χ4v) is 4.40. The molecular weight excluding hydrogens is 406 g/mol. The third kappa shape index (κ3) is 5.93. The Balaban J connectivity index is 1.87. The zero-order chi connectivity index (χ0) is 23.1. The molecule has 170 valence electrons. The van der Waals surface area contributed by atoms with E-state index in [0.717, 1.165) is 36.8 Å². The average molecular weight is 438 g/mol. The lowest BCUT2D eigenvalue weighted by Gasteiger charge is -2.31. The zero-order valence-corrected chi connectivity index (χ0v) is 18.8. The molecule has 0 spiro atoms. The van der Waals surface area contributed by atoms with E-state index in [-0.39, 0.29) is 36.5 Å². The molecule has 2 amide bonds. The maximum absolute atomic E-state index is 13.4. The van der Waals surface area contributed by atoms with Crippen molar-refractivity contribution in [3.05, 3.63) is 75.3 Å². The van der Waals surface area contributed by atoms with Crippen LogP contribution in [0.25, 0.3) is 0 Å². The van der Waals surface area contributed by atoms with Gasteiger partial charge in [0.1, 0.15) is 6.04 Å². The summed E-state index contributed by atoms with van der Waals surface area (Å²) >= 11 is 0. The highest BCUT2D eigenvalue weighted by Crippen LogP contribution is 2.22. The number of nitrogens with one attached hydrogen (secondary N) is 1. The van der Waals surface area contributed by atoms with E-state index in [9.17, 15) is 19.7 Å². The first-order valence-corrected chi connectivity index (χ1v) is 11.3. The largest absolute Gasteiger partial charge is 0.352 e. The molecular formula is C25H31N3O4. The van der Waals surface area contributed by atoms with Gasteiger partial charge < -0.3 is 10.2 Å². The van der Waals surface area contributed by atoms with E-state index >= 15 is 0 Å². The summed E-state index contributed by atoms with van der Waals surface area (Å²) in [5, 5.41) is 14.5. The number of hydrogen-bond acceptors (Lipinski definition) is 4. The lowest BCUT2D eigenvalue weighted by atomic mass is 10.0. The number of carbonyl (C=O) groups excluding carboxylic acids is 2. The van der Waals surface area contributed by atoms with E-state index in [1.165, 1.54) is 6.07 Å². The number of amides is 2. The monoisotopic (exact) mass is 437 g/mol. The molecule has 0 unspecified atom stereocenters. The first kappa shape index (κ1) is 23.4. The van der Waals surface area contributed by atoms with Gasteiger partial charge in [0, 0.05) is 24.2 Å². The second-order valence-electron chi connectivity index (χ2n) is 8.49. The van der Waals surface area contributed by atoms with E-state index < -0.39 is 11.0 Å². The van der Waals surface area contributed by atoms with Crippen LogP contribution in [-0.4, -0.2) is 33.7 Å². The van der Waals surface area contributed by atoms with Crippen molar-refractivity contribution >= 4 is 17.5 Å². The Morgan fingerprint density at radius 1 is 1.16 bits per heavy atom. The molecule has 2 aromatic rings. The van der Waals surface area contributed by atoms with Crippen LogP contribution in [0.4, 0.5) is 5.69 Å². The van der Waals surface area contributed by atoms with Crippen LogP contribution in [0.3, 0.4) is 0 Å². The molecule has 0 heterocycles. The maximum Gasteiger partial charge on any atom is 0.273 e. The van der Waals surface area contributed by atoms with Gasteiger partial charge in [-0.1, -0.05) is 67.8 Å². The molecule has 1 N–H and O–H groups in total. The van der Waals surface area contributed by atoms with Gasteiger partial charge in [-0.25, -0.2) is 0 Å². The number of aryl methyl sites for hydroxylation is 1. The van der Waals surface area contributed by atoms with Gasteiger partial charge in [-0.15, -0.1) is 0 Å². The summed E-state index contributed by atoms with van der Waals surface area (Å²) in [6, 6.07) is 13.6. The standard InChI is InChI=1S/C25H31N3O4/c1-3-22(25(30)26-21-12-5-6-13-21)27(17-19-10-8-9-18(2)15-19)24(29)16-20-11-4-7-14-23(20)28(31)32/h4,7-11,14-15,21-22H,3,5-6,12-13,16-17H2,1-2H3,(H,26,30)/t22-/m0/s1. The van der Waals surface area contributed by atoms with Crippen molar-refractivity contribution in [3.8, 4) is 0 Å². The van der Waals surface area contributed by atoms with Crippen LogP contribution in [0.1, 0.15) is 55.7 Å². The molecule has 1 aliphatic rings. The van der Waals surface area contributed by atoms with E-state index in [0.29, 0.717) is 12.0 Å². The fourth-order valence-electron chi connectivity index (χ4n) is 4.40. The predicted octanol–water partition coefficient (Wildman–Crippen LogP) is 4.31. The van der Waals surface area contributed by atoms with Crippen molar-refractivity contribution in [1.82, 2.24) is 10.2 Å². The third-order valence-corrected chi connectivity index (χ3v) is 6.05. The van der Waals surface area contributed by atoms with E-state index in [2.05, 4.69) is 5.32 Å². The number of para-hydroxylation sites is 1. The number of carbonyl (C=O) groups is 2. The Morgan fingerprint density at radius 2 is 1.88 bits per heavy atom. The summed E-state index contributed by atoms with van der Waals surface area (Å²) < 4.78 is 0. The zero-order valence-electron chi connectivity index (χ0n) is 18.8. The SMILES string of the molecule is CC[C@@H](C(=O)NC1CCCC1)N(Cc1cccc(C)c1)C(=O)Cc1ccccc1[N+](=O)[O-]. The van der Waals surface area contributed by atoms with Crippen LogP contribution in [0.15, 0.2) is 48.5 Å². The van der Waals surface area contributed by atoms with Crippen LogP contribution < -0.4 is 5.32 Å². The lowest BCUT2D eigenvalue weighted by Crippen LogP contribution is -2.51. The molecule has 2 aromatic carbocycles. The summed E-state index contributed by atoms with van der Waals surface area (Å²) in [6.45, 7) is 4.14. The highest BCUT2D eigenvalue weighted by Gasteiger charge is 2.31. The summed E-state index contributed by atoms with van der Waals surface area (Å²) in [6.07, 6.45) is 4.47. The molecule has 7 nitrogen and oxygen atoms in total. The number of hydrogen-bond donors (Lipinski definition) is 1. The normalized spacial score (nSPS) is 14.7. The number of nitro benzene ring substituents is 1. The third-order valence-electron chi connectivity index (χ3n) is 6.05. The first-order chi connectivity index (χ1) is 15.4. The highest BCUT2D eigenvalue weighted by molar-refractivity contribution is 5.89. The molecule has 7 heteroatoms. The first-order valence-electron chi connectivity index (χ1n) is 11.3. The Hall–Kier alpha value is -3.22. The summed E-state index contributed by atoms with van der Waals surface area (Å²) in [7, 11) is 0. The van der Waals surface area contributed by atoms with Crippen LogP contribution in [0, 0.1) is 17.0 Å². The minimum absolute atomic E-state index is 0.0835. The summed E-state index contributed by atoms with van der Waals surface area (Å²) in [5.41, 5.74) is 2.26. The molecule has 0 radical (unpaired) electrons. The topological polar surface area (TPSA) is 92.6 Å². The van der Waals surface area contributed by atoms with Gasteiger partial charge in [-0.05, 0) is 31.7 Å². The van der Waals surface area contributed by atoms with Crippen molar-refractivity contribution in [3.63, 3.8) is 0 Å². The lowest BCUT2D eigenvalue weighted by molar-refractivity contribution is -0.385. The Kier molecular flexibility index (Phi) is 7.98. The Labute approximate surface area is 189 Å². The molecule has 1 saturated carbocycles. The molecule has 0 bridgehead atoms. The van der Waals surface area contributed by atoms with Gasteiger partial charge in [0.25, 0.3) is 5.69 Å². The van der Waals surface area contributed by atoms with Gasteiger partial charge in [0.2, 0.25) is 11.8 Å². The van der Waals surface area contributed by atoms with Crippen molar-refractivity contribution in [2.24, 2.45) is 0 Å². The molecule has 32 heavy (non-hydrogen) atoms. The van der Waals surface area contributed by atoms with E-state index in [4.69, 9.17) is 0 Å². The van der Waals surface area contributed by atoms with Crippen molar-refractivity contribution < 1.29 is 14.5 Å². The highest BCUT2D eigenvalue weighted by atomic mass is 16.6. The average Bonchev–Trinajstić information content (AvgIpc) is 3.27. The van der Waals surface area contributed by atoms with Crippen LogP contribution in [0.2, 0.25) is 0 Å². The molecule has 1 atom stereocenters. The van der Waals surface area contributed by atoms with Crippen molar-refractivity contribution in [2.45, 2.75) is 71.0 Å². The second kappa shape index (κ2) is 10.9. The van der Waals surface area contributed by atoms with Gasteiger partial charge in [-0.2, -0.15) is 0 Å². The van der Waals surface area contributed by atoms with E-state index in [1.54, 1.807) is 23.1 Å². The van der Waals surface area contributed by atoms with Crippen molar-refractivity contribution in [2.75, 3.05) is 0 Å². The minimum atomic E-state index is -0.633. The summed E-state index contributed by atoms with van der Waals surface area (Å²) in [5.74, 6) is -0.447. The molecule has 0 aromatic heterocycles. The predicted molar refractivity (Wildman–Crippen MR) is 123 cm³/mol. The molecule has 0 aliphatic heterocycles. The number of nitrogens with zero attached hydrogens (tertiary/aromatic N) is 2. The van der Waals surface area contributed by atoms with Gasteiger partial charge in [0.05, 0.1) is 11.3 Å².